The molecule has 0 aliphatic carbocycles. The van der Waals surface area contributed by atoms with E-state index in [1.165, 1.54) is 21.3 Å². The Balaban J connectivity index is 1.94. The average molecular weight is 394 g/mol. The molecule has 2 rings (SSSR count). The van der Waals surface area contributed by atoms with Crippen LogP contribution in [0.25, 0.3) is 0 Å². The van der Waals surface area contributed by atoms with E-state index >= 15 is 0 Å². The number of amides is 2. The van der Waals surface area contributed by atoms with Crippen LogP contribution in [-0.2, 0) is 11.3 Å². The molecule has 0 fully saturated rings. The molecular weight excluding hydrogens is 374 g/mol. The quantitative estimate of drug-likeness (QED) is 0.716. The van der Waals surface area contributed by atoms with Gasteiger partial charge in [-0.15, -0.1) is 0 Å². The van der Waals surface area contributed by atoms with Gasteiger partial charge >= 0.3 is 0 Å². The summed E-state index contributed by atoms with van der Waals surface area (Å²) in [6, 6.07) is 5.91. The van der Waals surface area contributed by atoms with Crippen molar-refractivity contribution in [3.8, 4) is 17.2 Å². The van der Waals surface area contributed by atoms with Crippen molar-refractivity contribution < 1.29 is 32.6 Å². The molecule has 0 saturated heterocycles. The van der Waals surface area contributed by atoms with E-state index in [-0.39, 0.29) is 18.7 Å². The summed E-state index contributed by atoms with van der Waals surface area (Å²) < 4.78 is 42.1. The van der Waals surface area contributed by atoms with Crippen LogP contribution in [0.1, 0.15) is 15.9 Å². The SMILES string of the molecule is COc1cc(CNC(=O)CNC(=O)c2ccc(F)cc2F)cc(OC)c1OC. The summed E-state index contributed by atoms with van der Waals surface area (Å²) in [5.41, 5.74) is 0.331. The van der Waals surface area contributed by atoms with Crippen molar-refractivity contribution in [2.75, 3.05) is 27.9 Å². The first kappa shape index (κ1) is 20.9. The van der Waals surface area contributed by atoms with Crippen LogP contribution in [0.5, 0.6) is 17.2 Å². The molecule has 0 aliphatic rings. The standard InChI is InChI=1S/C19H20F2N2O5/c1-26-15-6-11(7-16(27-2)18(15)28-3)9-22-17(24)10-23-19(25)13-5-4-12(20)8-14(13)21/h4-8H,9-10H2,1-3H3,(H,22,24)(H,23,25). The Bertz CT molecular complexity index is 848. The maximum atomic E-state index is 13.6. The lowest BCUT2D eigenvalue weighted by molar-refractivity contribution is -0.120. The number of ether oxygens (including phenoxy) is 3. The number of methoxy groups -OCH3 is 3. The van der Waals surface area contributed by atoms with Gasteiger partial charge in [-0.05, 0) is 29.8 Å². The highest BCUT2D eigenvalue weighted by Gasteiger charge is 2.15. The fraction of sp³-hybridized carbons (Fsp3) is 0.263. The van der Waals surface area contributed by atoms with E-state index in [4.69, 9.17) is 14.2 Å². The zero-order valence-electron chi connectivity index (χ0n) is 15.6. The van der Waals surface area contributed by atoms with Crippen LogP contribution in [-0.4, -0.2) is 39.7 Å². The third-order valence-corrected chi connectivity index (χ3v) is 3.80. The highest BCUT2D eigenvalue weighted by Crippen LogP contribution is 2.38. The Morgan fingerprint density at radius 1 is 0.929 bits per heavy atom. The number of benzene rings is 2. The van der Waals surface area contributed by atoms with Crippen molar-refractivity contribution >= 4 is 11.8 Å². The van der Waals surface area contributed by atoms with Crippen molar-refractivity contribution in [2.45, 2.75) is 6.54 Å². The van der Waals surface area contributed by atoms with Crippen molar-refractivity contribution in [1.29, 1.82) is 0 Å². The molecule has 0 radical (unpaired) electrons. The second-order valence-electron chi connectivity index (χ2n) is 5.62. The Labute approximate surface area is 160 Å². The van der Waals surface area contributed by atoms with E-state index in [2.05, 4.69) is 10.6 Å². The van der Waals surface area contributed by atoms with E-state index in [0.29, 0.717) is 28.9 Å². The van der Waals surface area contributed by atoms with Gasteiger partial charge in [-0.1, -0.05) is 0 Å². The molecule has 28 heavy (non-hydrogen) atoms. The Morgan fingerprint density at radius 2 is 1.57 bits per heavy atom. The van der Waals surface area contributed by atoms with Crippen LogP contribution in [0.3, 0.4) is 0 Å². The molecule has 0 bridgehead atoms. The molecule has 9 heteroatoms. The number of rotatable bonds is 8. The Kier molecular flexibility index (Phi) is 7.14. The smallest absolute Gasteiger partial charge is 0.254 e. The average Bonchev–Trinajstić information content (AvgIpc) is 2.69. The minimum absolute atomic E-state index is 0.135. The molecule has 0 spiro atoms. The molecule has 2 N–H and O–H groups in total. The van der Waals surface area contributed by atoms with E-state index < -0.39 is 23.4 Å². The lowest BCUT2D eigenvalue weighted by Gasteiger charge is -2.14. The minimum Gasteiger partial charge on any atom is -0.493 e. The first-order valence-electron chi connectivity index (χ1n) is 8.18. The molecule has 2 aromatic rings. The van der Waals surface area contributed by atoms with Gasteiger partial charge in [0.1, 0.15) is 11.6 Å². The van der Waals surface area contributed by atoms with Gasteiger partial charge in [-0.25, -0.2) is 8.78 Å². The lowest BCUT2D eigenvalue weighted by Crippen LogP contribution is -2.36. The van der Waals surface area contributed by atoms with Gasteiger partial charge in [0.2, 0.25) is 11.7 Å². The molecule has 2 aromatic carbocycles. The molecule has 0 heterocycles. The summed E-state index contributed by atoms with van der Waals surface area (Å²) in [6.07, 6.45) is 0. The third kappa shape index (κ3) is 5.09. The topological polar surface area (TPSA) is 85.9 Å². The predicted molar refractivity (Wildman–Crippen MR) is 96.6 cm³/mol. The first-order valence-corrected chi connectivity index (χ1v) is 8.18. The third-order valence-electron chi connectivity index (χ3n) is 3.80. The fourth-order valence-electron chi connectivity index (χ4n) is 2.43. The second kappa shape index (κ2) is 9.54. The molecular formula is C19H20F2N2O5. The molecule has 0 saturated carbocycles. The zero-order chi connectivity index (χ0) is 20.7. The molecule has 150 valence electrons. The maximum absolute atomic E-state index is 13.6. The minimum atomic E-state index is -1.00. The number of halogens is 2. The van der Waals surface area contributed by atoms with Crippen molar-refractivity contribution in [1.82, 2.24) is 10.6 Å². The number of hydrogen-bond acceptors (Lipinski definition) is 5. The van der Waals surface area contributed by atoms with Crippen LogP contribution in [0.2, 0.25) is 0 Å². The molecule has 0 aliphatic heterocycles. The van der Waals surface area contributed by atoms with Crippen LogP contribution < -0.4 is 24.8 Å². The molecule has 7 nitrogen and oxygen atoms in total. The van der Waals surface area contributed by atoms with Crippen LogP contribution in [0, 0.1) is 11.6 Å². The van der Waals surface area contributed by atoms with Gasteiger partial charge in [0.05, 0.1) is 33.4 Å². The van der Waals surface area contributed by atoms with Crippen LogP contribution in [0.4, 0.5) is 8.78 Å². The van der Waals surface area contributed by atoms with E-state index in [0.717, 1.165) is 12.1 Å². The summed E-state index contributed by atoms with van der Waals surface area (Å²) in [4.78, 5) is 23.8. The van der Waals surface area contributed by atoms with Gasteiger partial charge in [-0.2, -0.15) is 0 Å². The van der Waals surface area contributed by atoms with E-state index in [1.807, 2.05) is 0 Å². The van der Waals surface area contributed by atoms with Crippen molar-refractivity contribution in [3.05, 3.63) is 53.1 Å². The van der Waals surface area contributed by atoms with Gasteiger partial charge in [0.15, 0.2) is 11.5 Å². The monoisotopic (exact) mass is 394 g/mol. The molecule has 0 unspecified atom stereocenters. The van der Waals surface area contributed by atoms with E-state index in [1.54, 1.807) is 12.1 Å². The lowest BCUT2D eigenvalue weighted by atomic mass is 10.1. The van der Waals surface area contributed by atoms with Gasteiger partial charge in [0.25, 0.3) is 5.91 Å². The summed E-state index contributed by atoms with van der Waals surface area (Å²) in [5, 5.41) is 4.89. The summed E-state index contributed by atoms with van der Waals surface area (Å²) >= 11 is 0. The summed E-state index contributed by atoms with van der Waals surface area (Å²) in [5.74, 6) is -1.82. The second-order valence-corrected chi connectivity index (χ2v) is 5.62. The highest BCUT2D eigenvalue weighted by atomic mass is 19.1. The van der Waals surface area contributed by atoms with Gasteiger partial charge in [0, 0.05) is 12.6 Å². The number of carbonyl (C=O) groups is 2. The van der Waals surface area contributed by atoms with Gasteiger partial charge < -0.3 is 24.8 Å². The van der Waals surface area contributed by atoms with Crippen LogP contribution >= 0.6 is 0 Å². The molecule has 2 amide bonds. The fourth-order valence-corrected chi connectivity index (χ4v) is 2.43. The zero-order valence-corrected chi connectivity index (χ0v) is 15.6. The molecule has 0 atom stereocenters. The number of hydrogen-bond donors (Lipinski definition) is 2. The highest BCUT2D eigenvalue weighted by molar-refractivity contribution is 5.96. The van der Waals surface area contributed by atoms with Crippen molar-refractivity contribution in [2.24, 2.45) is 0 Å². The maximum Gasteiger partial charge on any atom is 0.254 e. The summed E-state index contributed by atoms with van der Waals surface area (Å²) in [6.45, 7) is -0.240. The molecule has 0 aromatic heterocycles. The Morgan fingerprint density at radius 3 is 2.11 bits per heavy atom. The van der Waals surface area contributed by atoms with Crippen LogP contribution in [0.15, 0.2) is 30.3 Å². The summed E-state index contributed by atoms with van der Waals surface area (Å²) in [7, 11) is 4.43. The first-order chi connectivity index (χ1) is 13.4. The van der Waals surface area contributed by atoms with E-state index in [9.17, 15) is 18.4 Å². The number of carbonyl (C=O) groups excluding carboxylic acids is 2. The normalized spacial score (nSPS) is 10.2. The Hall–Kier alpha value is -3.36. The largest absolute Gasteiger partial charge is 0.493 e. The van der Waals surface area contributed by atoms with Crippen molar-refractivity contribution in [3.63, 3.8) is 0 Å². The van der Waals surface area contributed by atoms with Gasteiger partial charge in [-0.3, -0.25) is 9.59 Å². The number of nitrogens with one attached hydrogen (secondary N) is 2. The predicted octanol–water partition coefficient (Wildman–Crippen LogP) is 2.04.